The second-order valence-corrected chi connectivity index (χ2v) is 4.73. The van der Waals surface area contributed by atoms with Gasteiger partial charge in [0.15, 0.2) is 0 Å². The van der Waals surface area contributed by atoms with E-state index in [2.05, 4.69) is 32.6 Å². The molecule has 1 aliphatic heterocycles. The quantitative estimate of drug-likeness (QED) is 0.771. The Balaban J connectivity index is 1.61. The number of nitrogens with zero attached hydrogens (tertiary/aromatic N) is 3. The van der Waals surface area contributed by atoms with Crippen LogP contribution in [0.1, 0.15) is 17.5 Å². The number of benzene rings is 1. The number of pyridine rings is 1. The Morgan fingerprint density at radius 3 is 2.85 bits per heavy atom. The summed E-state index contributed by atoms with van der Waals surface area (Å²) in [6.45, 7) is 0. The van der Waals surface area contributed by atoms with Gasteiger partial charge in [0.05, 0.1) is 0 Å². The van der Waals surface area contributed by atoms with Crippen molar-refractivity contribution in [2.75, 3.05) is 5.32 Å². The van der Waals surface area contributed by atoms with Crippen molar-refractivity contribution in [1.82, 2.24) is 15.1 Å². The van der Waals surface area contributed by atoms with Crippen LogP contribution in [0, 0.1) is 0 Å². The minimum absolute atomic E-state index is 0.0392. The summed E-state index contributed by atoms with van der Waals surface area (Å²) >= 11 is 0. The number of hydrogen-bond acceptors (Lipinski definition) is 5. The first-order valence-corrected chi connectivity index (χ1v) is 6.49. The van der Waals surface area contributed by atoms with Crippen molar-refractivity contribution in [2.45, 2.75) is 12.5 Å². The van der Waals surface area contributed by atoms with Gasteiger partial charge in [-0.2, -0.15) is 4.98 Å². The molecule has 1 unspecified atom stereocenters. The molecule has 3 heterocycles. The Kier molecular flexibility index (Phi) is 2.48. The van der Waals surface area contributed by atoms with Crippen LogP contribution in [-0.4, -0.2) is 15.1 Å². The maximum absolute atomic E-state index is 5.37. The number of hydrogen-bond donors (Lipinski definition) is 1. The van der Waals surface area contributed by atoms with Crippen LogP contribution in [0.15, 0.2) is 53.2 Å². The number of para-hydroxylation sites is 1. The Morgan fingerprint density at radius 1 is 1.10 bits per heavy atom. The molecule has 0 fully saturated rings. The molecule has 0 amide bonds. The largest absolute Gasteiger partial charge is 0.373 e. The van der Waals surface area contributed by atoms with E-state index in [1.807, 2.05) is 30.3 Å². The molecule has 98 valence electrons. The summed E-state index contributed by atoms with van der Waals surface area (Å²) in [7, 11) is 0. The fraction of sp³-hybridized carbons (Fsp3) is 0.133. The van der Waals surface area contributed by atoms with E-state index < -0.39 is 0 Å². The van der Waals surface area contributed by atoms with Crippen LogP contribution in [0.25, 0.3) is 11.5 Å². The Bertz CT molecular complexity index is 713. The van der Waals surface area contributed by atoms with E-state index in [0.29, 0.717) is 11.7 Å². The van der Waals surface area contributed by atoms with Gasteiger partial charge in [-0.15, -0.1) is 0 Å². The fourth-order valence-corrected chi connectivity index (χ4v) is 2.42. The molecule has 0 aliphatic carbocycles. The second kappa shape index (κ2) is 4.45. The summed E-state index contributed by atoms with van der Waals surface area (Å²) in [6.07, 6.45) is 2.58. The first-order valence-electron chi connectivity index (χ1n) is 6.49. The van der Waals surface area contributed by atoms with Crippen molar-refractivity contribution in [3.8, 4) is 11.5 Å². The Hall–Kier alpha value is -2.69. The molecule has 5 heteroatoms. The van der Waals surface area contributed by atoms with E-state index in [9.17, 15) is 0 Å². The van der Waals surface area contributed by atoms with Gasteiger partial charge in [-0.3, -0.25) is 4.98 Å². The zero-order valence-electron chi connectivity index (χ0n) is 10.7. The zero-order chi connectivity index (χ0) is 13.4. The van der Waals surface area contributed by atoms with Crippen LogP contribution in [-0.2, 0) is 6.42 Å². The molecule has 4 rings (SSSR count). The van der Waals surface area contributed by atoms with Gasteiger partial charge in [-0.25, -0.2) is 0 Å². The second-order valence-electron chi connectivity index (χ2n) is 4.73. The summed E-state index contributed by atoms with van der Waals surface area (Å²) in [4.78, 5) is 8.67. The molecule has 0 radical (unpaired) electrons. The first-order chi connectivity index (χ1) is 9.90. The van der Waals surface area contributed by atoms with Gasteiger partial charge in [0.2, 0.25) is 11.7 Å². The monoisotopic (exact) mass is 264 g/mol. The van der Waals surface area contributed by atoms with Gasteiger partial charge < -0.3 is 9.84 Å². The van der Waals surface area contributed by atoms with Crippen molar-refractivity contribution < 1.29 is 4.52 Å². The SMILES string of the molecule is c1ccc(-c2noc(C3Cc4ccccc4N3)n2)nc1. The van der Waals surface area contributed by atoms with Crippen LogP contribution in [0.2, 0.25) is 0 Å². The molecule has 0 bridgehead atoms. The Labute approximate surface area is 115 Å². The third-order valence-electron chi connectivity index (χ3n) is 3.40. The molecule has 1 aromatic carbocycles. The van der Waals surface area contributed by atoms with Crippen LogP contribution in [0.5, 0.6) is 0 Å². The van der Waals surface area contributed by atoms with E-state index >= 15 is 0 Å². The van der Waals surface area contributed by atoms with Crippen molar-refractivity contribution in [3.63, 3.8) is 0 Å². The van der Waals surface area contributed by atoms with E-state index in [1.54, 1.807) is 6.20 Å². The molecule has 0 saturated carbocycles. The first kappa shape index (κ1) is 11.2. The summed E-state index contributed by atoms with van der Waals surface area (Å²) in [5.74, 6) is 1.13. The van der Waals surface area contributed by atoms with Crippen LogP contribution in [0.3, 0.4) is 0 Å². The summed E-state index contributed by atoms with van der Waals surface area (Å²) in [5, 5.41) is 7.40. The molecule has 5 nitrogen and oxygen atoms in total. The standard InChI is InChI=1S/C15H12N4O/c1-2-6-11-10(5-1)9-13(17-11)15-18-14(19-20-15)12-7-3-4-8-16-12/h1-8,13,17H,9H2. The molecular weight excluding hydrogens is 252 g/mol. The predicted molar refractivity (Wildman–Crippen MR) is 74.0 cm³/mol. The fourth-order valence-electron chi connectivity index (χ4n) is 2.42. The topological polar surface area (TPSA) is 63.8 Å². The lowest BCUT2D eigenvalue weighted by Gasteiger charge is -2.04. The van der Waals surface area contributed by atoms with Crippen LogP contribution < -0.4 is 5.32 Å². The van der Waals surface area contributed by atoms with Crippen molar-refractivity contribution in [3.05, 3.63) is 60.1 Å². The molecular formula is C15H12N4O. The highest BCUT2D eigenvalue weighted by Crippen LogP contribution is 2.33. The number of aromatic nitrogens is 3. The van der Waals surface area contributed by atoms with E-state index in [4.69, 9.17) is 4.52 Å². The van der Waals surface area contributed by atoms with Crippen LogP contribution >= 0.6 is 0 Å². The number of anilines is 1. The molecule has 1 atom stereocenters. The maximum atomic E-state index is 5.37. The van der Waals surface area contributed by atoms with Crippen LogP contribution in [0.4, 0.5) is 5.69 Å². The maximum Gasteiger partial charge on any atom is 0.249 e. The summed E-state index contributed by atoms with van der Waals surface area (Å²) in [5.41, 5.74) is 3.13. The Morgan fingerprint density at radius 2 is 2.00 bits per heavy atom. The van der Waals surface area contributed by atoms with Crippen molar-refractivity contribution in [2.24, 2.45) is 0 Å². The molecule has 0 spiro atoms. The minimum Gasteiger partial charge on any atom is -0.373 e. The van der Waals surface area contributed by atoms with Crippen molar-refractivity contribution in [1.29, 1.82) is 0 Å². The molecule has 2 aromatic heterocycles. The van der Waals surface area contributed by atoms with Gasteiger partial charge >= 0.3 is 0 Å². The van der Waals surface area contributed by atoms with E-state index in [-0.39, 0.29) is 6.04 Å². The molecule has 1 N–H and O–H groups in total. The van der Waals surface area contributed by atoms with Gasteiger partial charge in [0, 0.05) is 18.3 Å². The van der Waals surface area contributed by atoms with E-state index in [0.717, 1.165) is 17.8 Å². The lowest BCUT2D eigenvalue weighted by atomic mass is 10.1. The van der Waals surface area contributed by atoms with Gasteiger partial charge in [0.1, 0.15) is 11.7 Å². The smallest absolute Gasteiger partial charge is 0.249 e. The minimum atomic E-state index is 0.0392. The van der Waals surface area contributed by atoms with Crippen molar-refractivity contribution >= 4 is 5.69 Å². The lowest BCUT2D eigenvalue weighted by molar-refractivity contribution is 0.364. The lowest BCUT2D eigenvalue weighted by Crippen LogP contribution is -2.05. The summed E-state index contributed by atoms with van der Waals surface area (Å²) < 4.78 is 5.37. The third-order valence-corrected chi connectivity index (χ3v) is 3.40. The summed E-state index contributed by atoms with van der Waals surface area (Å²) in [6, 6.07) is 13.9. The molecule has 3 aromatic rings. The third kappa shape index (κ3) is 1.84. The highest BCUT2D eigenvalue weighted by Gasteiger charge is 2.26. The average Bonchev–Trinajstić information content (AvgIpc) is 3.14. The number of fused-ring (bicyclic) bond motifs is 1. The number of rotatable bonds is 2. The van der Waals surface area contributed by atoms with Gasteiger partial charge in [-0.1, -0.05) is 29.4 Å². The molecule has 1 aliphatic rings. The van der Waals surface area contributed by atoms with E-state index in [1.165, 1.54) is 5.56 Å². The average molecular weight is 264 g/mol. The zero-order valence-corrected chi connectivity index (χ0v) is 10.7. The number of nitrogens with one attached hydrogen (secondary N) is 1. The molecule has 20 heavy (non-hydrogen) atoms. The predicted octanol–water partition coefficient (Wildman–Crippen LogP) is 2.84. The normalized spacial score (nSPS) is 16.7. The molecule has 0 saturated heterocycles. The highest BCUT2D eigenvalue weighted by molar-refractivity contribution is 5.57. The van der Waals surface area contributed by atoms with Gasteiger partial charge in [-0.05, 0) is 23.8 Å². The highest BCUT2D eigenvalue weighted by atomic mass is 16.5. The van der Waals surface area contributed by atoms with Gasteiger partial charge in [0.25, 0.3) is 0 Å².